The minimum absolute atomic E-state index is 0.235. The van der Waals surface area contributed by atoms with Crippen molar-refractivity contribution in [3.8, 4) is 0 Å². The summed E-state index contributed by atoms with van der Waals surface area (Å²) in [6.07, 6.45) is 3.97. The zero-order valence-corrected chi connectivity index (χ0v) is 14.8. The van der Waals surface area contributed by atoms with Gasteiger partial charge in [-0.1, -0.05) is 13.8 Å². The highest BCUT2D eigenvalue weighted by Crippen LogP contribution is 2.35. The molecule has 0 unspecified atom stereocenters. The summed E-state index contributed by atoms with van der Waals surface area (Å²) in [4.78, 5) is 1.13. The lowest BCUT2D eigenvalue weighted by Crippen LogP contribution is -2.33. The van der Waals surface area contributed by atoms with E-state index < -0.39 is 10.0 Å². The van der Waals surface area contributed by atoms with Crippen molar-refractivity contribution in [2.45, 2.75) is 63.3 Å². The first-order chi connectivity index (χ1) is 10.0. The Morgan fingerprint density at radius 1 is 1.33 bits per heavy atom. The minimum Gasteiger partial charge on any atom is -0.312 e. The summed E-state index contributed by atoms with van der Waals surface area (Å²) in [6.45, 7) is 8.51. The second-order valence-electron chi connectivity index (χ2n) is 5.70. The molecular formula is C15H26N2O2S2. The average Bonchev–Trinajstić information content (AvgIpc) is 3.20. The Morgan fingerprint density at radius 2 is 2.05 bits per heavy atom. The first-order valence-corrected chi connectivity index (χ1v) is 10.1. The molecule has 120 valence electrons. The molecule has 0 saturated heterocycles. The maximum Gasteiger partial charge on any atom is 0.252 e. The Hall–Kier alpha value is -0.430. The van der Waals surface area contributed by atoms with E-state index >= 15 is 0 Å². The lowest BCUT2D eigenvalue weighted by atomic mass is 10.3. The molecule has 0 atom stereocenters. The third kappa shape index (κ3) is 4.06. The number of thiophene rings is 1. The van der Waals surface area contributed by atoms with Gasteiger partial charge in [-0.05, 0) is 50.8 Å². The van der Waals surface area contributed by atoms with E-state index in [1.54, 1.807) is 4.31 Å². The summed E-state index contributed by atoms with van der Waals surface area (Å²) in [5.74, 6) is 0. The number of nitrogens with one attached hydrogen (secondary N) is 1. The fraction of sp³-hybridized carbons (Fsp3) is 0.733. The molecule has 0 aliphatic heterocycles. The van der Waals surface area contributed by atoms with Crippen LogP contribution in [0.25, 0.3) is 0 Å². The molecule has 2 rings (SSSR count). The van der Waals surface area contributed by atoms with Gasteiger partial charge in [0.2, 0.25) is 0 Å². The van der Waals surface area contributed by atoms with Crippen molar-refractivity contribution in [3.63, 3.8) is 0 Å². The molecule has 0 spiro atoms. The molecule has 0 bridgehead atoms. The van der Waals surface area contributed by atoms with Crippen molar-refractivity contribution in [1.82, 2.24) is 9.62 Å². The Bertz CT molecular complexity index is 562. The number of hydrogen-bond donors (Lipinski definition) is 1. The number of rotatable bonds is 9. The maximum atomic E-state index is 12.8. The second kappa shape index (κ2) is 7.22. The van der Waals surface area contributed by atoms with Crippen molar-refractivity contribution in [2.24, 2.45) is 0 Å². The Balaban J connectivity index is 2.17. The summed E-state index contributed by atoms with van der Waals surface area (Å²) in [6, 6.07) is 2.08. The van der Waals surface area contributed by atoms with Crippen molar-refractivity contribution in [2.75, 3.05) is 13.1 Å². The van der Waals surface area contributed by atoms with Gasteiger partial charge in [0.15, 0.2) is 0 Å². The largest absolute Gasteiger partial charge is 0.312 e. The van der Waals surface area contributed by atoms with E-state index in [1.807, 2.05) is 19.9 Å². The molecule has 1 aromatic heterocycles. The normalized spacial score (nSPS) is 15.8. The molecule has 21 heavy (non-hydrogen) atoms. The molecule has 0 radical (unpaired) electrons. The van der Waals surface area contributed by atoms with Gasteiger partial charge in [0.1, 0.15) is 4.21 Å². The van der Waals surface area contributed by atoms with Crippen LogP contribution >= 0.6 is 11.3 Å². The van der Waals surface area contributed by atoms with Crippen molar-refractivity contribution < 1.29 is 8.42 Å². The lowest BCUT2D eigenvalue weighted by Gasteiger charge is -2.20. The minimum atomic E-state index is -3.31. The number of nitrogens with zero attached hydrogens (tertiary/aromatic N) is 1. The van der Waals surface area contributed by atoms with Gasteiger partial charge < -0.3 is 5.32 Å². The highest BCUT2D eigenvalue weighted by Gasteiger charge is 2.38. The summed E-state index contributed by atoms with van der Waals surface area (Å²) < 4.78 is 27.8. The number of hydrogen-bond acceptors (Lipinski definition) is 4. The predicted octanol–water partition coefficient (Wildman–Crippen LogP) is 3.12. The van der Waals surface area contributed by atoms with Gasteiger partial charge in [-0.25, -0.2) is 8.42 Å². The van der Waals surface area contributed by atoms with E-state index in [4.69, 9.17) is 0 Å². The first-order valence-electron chi connectivity index (χ1n) is 7.82. The molecule has 1 heterocycles. The van der Waals surface area contributed by atoms with Gasteiger partial charge in [0.25, 0.3) is 10.0 Å². The van der Waals surface area contributed by atoms with Crippen LogP contribution in [-0.2, 0) is 16.6 Å². The fourth-order valence-electron chi connectivity index (χ4n) is 2.37. The first kappa shape index (κ1) is 16.9. The SMILES string of the molecule is CCCNCc1sc(S(=O)(=O)N(CCC)C2CC2)cc1C. The van der Waals surface area contributed by atoms with E-state index in [0.717, 1.165) is 49.2 Å². The van der Waals surface area contributed by atoms with Gasteiger partial charge in [-0.2, -0.15) is 4.31 Å². The molecule has 1 aromatic rings. The topological polar surface area (TPSA) is 49.4 Å². The smallest absolute Gasteiger partial charge is 0.252 e. The third-order valence-electron chi connectivity index (χ3n) is 3.67. The average molecular weight is 331 g/mol. The molecule has 0 aromatic carbocycles. The van der Waals surface area contributed by atoms with Gasteiger partial charge in [0, 0.05) is 24.0 Å². The number of sulfonamides is 1. The molecule has 1 saturated carbocycles. The Labute approximate surface area is 132 Å². The van der Waals surface area contributed by atoms with Gasteiger partial charge in [-0.3, -0.25) is 0 Å². The maximum absolute atomic E-state index is 12.8. The lowest BCUT2D eigenvalue weighted by molar-refractivity contribution is 0.404. The Kier molecular flexibility index (Phi) is 5.82. The van der Waals surface area contributed by atoms with Gasteiger partial charge >= 0.3 is 0 Å². The Morgan fingerprint density at radius 3 is 2.62 bits per heavy atom. The highest BCUT2D eigenvalue weighted by molar-refractivity contribution is 7.91. The molecule has 1 aliphatic carbocycles. The van der Waals surface area contributed by atoms with Gasteiger partial charge in [0.05, 0.1) is 0 Å². The quantitative estimate of drug-likeness (QED) is 0.708. The summed E-state index contributed by atoms with van der Waals surface area (Å²) >= 11 is 1.42. The van der Waals surface area contributed by atoms with Crippen LogP contribution in [0, 0.1) is 6.92 Å². The van der Waals surface area contributed by atoms with Crippen LogP contribution in [-0.4, -0.2) is 31.9 Å². The molecule has 4 nitrogen and oxygen atoms in total. The number of aryl methyl sites for hydroxylation is 1. The van der Waals surface area contributed by atoms with Gasteiger partial charge in [-0.15, -0.1) is 11.3 Å². The highest BCUT2D eigenvalue weighted by atomic mass is 32.2. The van der Waals surface area contributed by atoms with Crippen molar-refractivity contribution in [3.05, 3.63) is 16.5 Å². The molecule has 1 aliphatic rings. The fourth-order valence-corrected chi connectivity index (χ4v) is 5.83. The van der Waals surface area contributed by atoms with E-state index in [1.165, 1.54) is 11.3 Å². The van der Waals surface area contributed by atoms with Crippen LogP contribution in [0.1, 0.15) is 50.0 Å². The molecule has 1 N–H and O–H groups in total. The third-order valence-corrected chi connectivity index (χ3v) is 7.31. The molecule has 6 heteroatoms. The predicted molar refractivity (Wildman–Crippen MR) is 88.3 cm³/mol. The zero-order valence-electron chi connectivity index (χ0n) is 13.2. The zero-order chi connectivity index (χ0) is 15.5. The summed E-state index contributed by atoms with van der Waals surface area (Å²) in [7, 11) is -3.31. The van der Waals surface area contributed by atoms with E-state index in [-0.39, 0.29) is 6.04 Å². The van der Waals surface area contributed by atoms with E-state index in [9.17, 15) is 8.42 Å². The van der Waals surface area contributed by atoms with Crippen LogP contribution in [0.2, 0.25) is 0 Å². The van der Waals surface area contributed by atoms with E-state index in [2.05, 4.69) is 12.2 Å². The van der Waals surface area contributed by atoms with Crippen LogP contribution in [0.5, 0.6) is 0 Å². The molecule has 0 amide bonds. The molecule has 1 fully saturated rings. The van der Waals surface area contributed by atoms with Crippen LogP contribution < -0.4 is 5.32 Å². The summed E-state index contributed by atoms with van der Waals surface area (Å²) in [5.41, 5.74) is 1.08. The monoisotopic (exact) mass is 330 g/mol. The summed E-state index contributed by atoms with van der Waals surface area (Å²) in [5, 5.41) is 3.35. The second-order valence-corrected chi connectivity index (χ2v) is 8.95. The molecular weight excluding hydrogens is 304 g/mol. The van der Waals surface area contributed by atoms with Crippen molar-refractivity contribution >= 4 is 21.4 Å². The van der Waals surface area contributed by atoms with E-state index in [0.29, 0.717) is 10.8 Å². The van der Waals surface area contributed by atoms with Crippen LogP contribution in [0.3, 0.4) is 0 Å². The van der Waals surface area contributed by atoms with Crippen LogP contribution in [0.15, 0.2) is 10.3 Å². The van der Waals surface area contributed by atoms with Crippen LogP contribution in [0.4, 0.5) is 0 Å². The van der Waals surface area contributed by atoms with Crippen molar-refractivity contribution in [1.29, 1.82) is 0 Å². The standard InChI is InChI=1S/C15H26N2O2S2/c1-4-8-16-11-14-12(3)10-15(20-14)21(18,19)17(9-5-2)13-6-7-13/h10,13,16H,4-9,11H2,1-3H3.